The fraction of sp³-hybridized carbons (Fsp3) is 0.667. The van der Waals surface area contributed by atoms with Gasteiger partial charge in [0.15, 0.2) is 0 Å². The molecule has 1 aromatic rings. The lowest BCUT2D eigenvalue weighted by Crippen LogP contribution is -2.29. The molecule has 19 heavy (non-hydrogen) atoms. The van der Waals surface area contributed by atoms with Crippen molar-refractivity contribution in [2.45, 2.75) is 39.5 Å². The second kappa shape index (κ2) is 7.50. The Balaban J connectivity index is 2.35. The maximum atomic E-state index is 11.7. The molecule has 0 saturated heterocycles. The van der Waals surface area contributed by atoms with E-state index in [1.165, 1.54) is 0 Å². The van der Waals surface area contributed by atoms with E-state index in [0.29, 0.717) is 18.8 Å². The zero-order chi connectivity index (χ0) is 14.3. The van der Waals surface area contributed by atoms with Crippen molar-refractivity contribution >= 4 is 11.9 Å². The van der Waals surface area contributed by atoms with Crippen molar-refractivity contribution in [3.05, 3.63) is 11.6 Å². The van der Waals surface area contributed by atoms with Gasteiger partial charge in [0.1, 0.15) is 5.82 Å². The number of carboxylic acid groups (broad SMARTS) is 1. The minimum Gasteiger partial charge on any atom is -0.481 e. The summed E-state index contributed by atoms with van der Waals surface area (Å²) in [5, 5.41) is 17.8. The first-order chi connectivity index (χ1) is 9.02. The molecule has 1 amide bonds. The Morgan fingerprint density at radius 2 is 2.21 bits per heavy atom. The highest BCUT2D eigenvalue weighted by molar-refractivity contribution is 5.90. The molecule has 1 rings (SSSR count). The van der Waals surface area contributed by atoms with E-state index in [1.807, 2.05) is 13.8 Å². The van der Waals surface area contributed by atoms with Gasteiger partial charge in [0.2, 0.25) is 5.82 Å². The summed E-state index contributed by atoms with van der Waals surface area (Å²) >= 11 is 0. The van der Waals surface area contributed by atoms with Gasteiger partial charge in [-0.1, -0.05) is 13.8 Å². The first-order valence-electron chi connectivity index (χ1n) is 6.44. The minimum atomic E-state index is -0.823. The van der Waals surface area contributed by atoms with Gasteiger partial charge >= 0.3 is 5.97 Å². The van der Waals surface area contributed by atoms with E-state index < -0.39 is 5.97 Å². The summed E-state index contributed by atoms with van der Waals surface area (Å²) in [5.74, 6) is -0.216. The normalized spacial score (nSPS) is 12.1. The third-order valence-corrected chi connectivity index (χ3v) is 2.68. The van der Waals surface area contributed by atoms with Gasteiger partial charge in [-0.2, -0.15) is 0 Å². The maximum Gasteiger partial charge on any atom is 0.303 e. The summed E-state index contributed by atoms with van der Waals surface area (Å²) < 4.78 is 0. The summed E-state index contributed by atoms with van der Waals surface area (Å²) in [4.78, 5) is 26.2. The number of H-pyrrole nitrogens is 1. The van der Waals surface area contributed by atoms with Gasteiger partial charge in [-0.15, -0.1) is 5.10 Å². The molecular weight excluding hydrogens is 248 g/mol. The Hall–Kier alpha value is -1.92. The van der Waals surface area contributed by atoms with E-state index in [4.69, 9.17) is 5.11 Å². The third-order valence-electron chi connectivity index (χ3n) is 2.68. The van der Waals surface area contributed by atoms with Crippen LogP contribution in [0.15, 0.2) is 0 Å². The van der Waals surface area contributed by atoms with Crippen molar-refractivity contribution in [1.29, 1.82) is 0 Å². The van der Waals surface area contributed by atoms with Crippen molar-refractivity contribution in [3.63, 3.8) is 0 Å². The van der Waals surface area contributed by atoms with E-state index in [2.05, 4.69) is 20.5 Å². The van der Waals surface area contributed by atoms with Crippen molar-refractivity contribution < 1.29 is 14.7 Å². The van der Waals surface area contributed by atoms with Gasteiger partial charge in [-0.05, 0) is 18.8 Å². The zero-order valence-electron chi connectivity index (χ0n) is 11.3. The van der Waals surface area contributed by atoms with Gasteiger partial charge in [0.05, 0.1) is 0 Å². The summed E-state index contributed by atoms with van der Waals surface area (Å²) in [7, 11) is 0. The van der Waals surface area contributed by atoms with Crippen LogP contribution in [0.1, 0.15) is 49.6 Å². The lowest BCUT2D eigenvalue weighted by atomic mass is 10.1. The first kappa shape index (κ1) is 15.1. The van der Waals surface area contributed by atoms with Gasteiger partial charge in [-0.3, -0.25) is 14.7 Å². The number of nitrogens with one attached hydrogen (secondary N) is 2. The van der Waals surface area contributed by atoms with Crippen molar-refractivity contribution in [1.82, 2.24) is 20.5 Å². The number of carbonyl (C=O) groups excluding carboxylic acids is 1. The standard InChI is InChI=1S/C12H20N4O3/c1-3-4-9-14-11(16-15-9)12(19)13-7-8(2)5-6-10(17)18/h8H,3-7H2,1-2H3,(H,13,19)(H,17,18)(H,14,15,16). The monoisotopic (exact) mass is 268 g/mol. The van der Waals surface area contributed by atoms with Crippen LogP contribution < -0.4 is 5.32 Å². The number of carboxylic acids is 1. The highest BCUT2D eigenvalue weighted by Crippen LogP contribution is 2.04. The average molecular weight is 268 g/mol. The van der Waals surface area contributed by atoms with Crippen molar-refractivity contribution in [3.8, 4) is 0 Å². The molecule has 1 unspecified atom stereocenters. The molecule has 7 heteroatoms. The smallest absolute Gasteiger partial charge is 0.303 e. The lowest BCUT2D eigenvalue weighted by Gasteiger charge is -2.09. The molecule has 0 aliphatic carbocycles. The van der Waals surface area contributed by atoms with Crippen LogP contribution in [0.3, 0.4) is 0 Å². The molecular formula is C12H20N4O3. The van der Waals surface area contributed by atoms with Crippen molar-refractivity contribution in [2.75, 3.05) is 6.54 Å². The van der Waals surface area contributed by atoms with Crippen LogP contribution in [0.4, 0.5) is 0 Å². The van der Waals surface area contributed by atoms with Crippen LogP contribution in [0.5, 0.6) is 0 Å². The van der Waals surface area contributed by atoms with Crippen LogP contribution >= 0.6 is 0 Å². The minimum absolute atomic E-state index is 0.106. The number of nitrogens with zero attached hydrogens (tertiary/aromatic N) is 2. The summed E-state index contributed by atoms with van der Waals surface area (Å²) in [6.45, 7) is 4.33. The number of aromatic nitrogens is 3. The molecule has 0 spiro atoms. The van der Waals surface area contributed by atoms with Crippen LogP contribution in [0.2, 0.25) is 0 Å². The highest BCUT2D eigenvalue weighted by atomic mass is 16.4. The summed E-state index contributed by atoms with van der Waals surface area (Å²) in [5.41, 5.74) is 0. The molecule has 7 nitrogen and oxygen atoms in total. The average Bonchev–Trinajstić information content (AvgIpc) is 2.82. The molecule has 0 radical (unpaired) electrons. The van der Waals surface area contributed by atoms with E-state index in [1.54, 1.807) is 0 Å². The molecule has 0 bridgehead atoms. The number of aryl methyl sites for hydroxylation is 1. The fourth-order valence-electron chi connectivity index (χ4n) is 1.56. The number of hydrogen-bond acceptors (Lipinski definition) is 4. The van der Waals surface area contributed by atoms with E-state index in [-0.39, 0.29) is 24.1 Å². The topological polar surface area (TPSA) is 108 Å². The molecule has 3 N–H and O–H groups in total. The SMILES string of the molecule is CCCc1nc(C(=O)NCC(C)CCC(=O)O)n[nH]1. The molecule has 0 saturated carbocycles. The molecule has 0 aliphatic rings. The van der Waals surface area contributed by atoms with Crippen LogP contribution in [0, 0.1) is 5.92 Å². The van der Waals surface area contributed by atoms with Gasteiger partial charge in [0, 0.05) is 19.4 Å². The molecule has 1 atom stereocenters. The number of hydrogen-bond donors (Lipinski definition) is 3. The van der Waals surface area contributed by atoms with Crippen molar-refractivity contribution in [2.24, 2.45) is 5.92 Å². The molecule has 106 valence electrons. The maximum absolute atomic E-state index is 11.7. The number of aromatic amines is 1. The number of carbonyl (C=O) groups is 2. The number of amides is 1. The number of rotatable bonds is 8. The van der Waals surface area contributed by atoms with Gasteiger partial charge in [-0.25, -0.2) is 4.98 Å². The molecule has 1 aromatic heterocycles. The van der Waals surface area contributed by atoms with Gasteiger partial charge in [0.25, 0.3) is 5.91 Å². The predicted octanol–water partition coefficient (Wildman–Crippen LogP) is 0.988. The summed E-state index contributed by atoms with van der Waals surface area (Å²) in [6, 6.07) is 0. The number of aliphatic carboxylic acids is 1. The Bertz CT molecular complexity index is 430. The molecule has 1 heterocycles. The van der Waals surface area contributed by atoms with Gasteiger partial charge < -0.3 is 10.4 Å². The van der Waals surface area contributed by atoms with E-state index in [0.717, 1.165) is 12.8 Å². The third kappa shape index (κ3) is 5.50. The largest absolute Gasteiger partial charge is 0.481 e. The first-order valence-corrected chi connectivity index (χ1v) is 6.44. The Morgan fingerprint density at radius 1 is 1.47 bits per heavy atom. The van der Waals surface area contributed by atoms with E-state index in [9.17, 15) is 9.59 Å². The van der Waals surface area contributed by atoms with E-state index >= 15 is 0 Å². The molecule has 0 aromatic carbocycles. The second-order valence-corrected chi connectivity index (χ2v) is 4.60. The molecule has 0 aliphatic heterocycles. The predicted molar refractivity (Wildman–Crippen MR) is 68.7 cm³/mol. The fourth-order valence-corrected chi connectivity index (χ4v) is 1.56. The Morgan fingerprint density at radius 3 is 2.84 bits per heavy atom. The second-order valence-electron chi connectivity index (χ2n) is 4.60. The zero-order valence-corrected chi connectivity index (χ0v) is 11.3. The highest BCUT2D eigenvalue weighted by Gasteiger charge is 2.13. The van der Waals surface area contributed by atoms with Crippen LogP contribution in [0.25, 0.3) is 0 Å². The lowest BCUT2D eigenvalue weighted by molar-refractivity contribution is -0.137. The van der Waals surface area contributed by atoms with Crippen LogP contribution in [-0.4, -0.2) is 38.7 Å². The summed E-state index contributed by atoms with van der Waals surface area (Å²) in [6.07, 6.45) is 2.33. The quantitative estimate of drug-likeness (QED) is 0.651. The Labute approximate surface area is 111 Å². The Kier molecular flexibility index (Phi) is 5.98. The van der Waals surface area contributed by atoms with Crippen LogP contribution in [-0.2, 0) is 11.2 Å². The molecule has 0 fully saturated rings.